The van der Waals surface area contributed by atoms with Crippen LogP contribution in [0, 0.1) is 5.92 Å². The van der Waals surface area contributed by atoms with Crippen LogP contribution in [0.2, 0.25) is 0 Å². The maximum atomic E-state index is 12.4. The molecule has 1 atom stereocenters. The predicted octanol–water partition coefficient (Wildman–Crippen LogP) is 2.52. The van der Waals surface area contributed by atoms with Crippen molar-refractivity contribution in [3.05, 3.63) is 35.9 Å². The minimum Gasteiger partial charge on any atom is -0.355 e. The van der Waals surface area contributed by atoms with E-state index in [1.165, 1.54) is 5.56 Å². The quantitative estimate of drug-likeness (QED) is 0.871. The summed E-state index contributed by atoms with van der Waals surface area (Å²) in [5.74, 6) is -0.0167. The number of rotatable bonds is 6. The van der Waals surface area contributed by atoms with Crippen molar-refractivity contribution in [1.82, 2.24) is 15.1 Å². The number of likely N-dealkylation sites (tertiary alicyclic amines) is 1. The van der Waals surface area contributed by atoms with Crippen molar-refractivity contribution in [2.24, 2.45) is 5.92 Å². The molecule has 132 valence electrons. The second-order valence-electron chi connectivity index (χ2n) is 6.27. The zero-order valence-corrected chi connectivity index (χ0v) is 14.8. The largest absolute Gasteiger partial charge is 0.355 e. The summed E-state index contributed by atoms with van der Waals surface area (Å²) in [4.78, 5) is 28.5. The van der Waals surface area contributed by atoms with E-state index in [1.807, 2.05) is 41.8 Å². The highest BCUT2D eigenvalue weighted by Gasteiger charge is 2.29. The maximum Gasteiger partial charge on any atom is 0.320 e. The molecular weight excluding hydrogens is 302 g/mol. The van der Waals surface area contributed by atoms with E-state index >= 15 is 0 Å². The van der Waals surface area contributed by atoms with Crippen LogP contribution in [-0.2, 0) is 11.2 Å². The molecule has 0 unspecified atom stereocenters. The summed E-state index contributed by atoms with van der Waals surface area (Å²) >= 11 is 0. The monoisotopic (exact) mass is 331 g/mol. The van der Waals surface area contributed by atoms with Gasteiger partial charge in [0.2, 0.25) is 5.91 Å². The fourth-order valence-electron chi connectivity index (χ4n) is 3.18. The van der Waals surface area contributed by atoms with Crippen LogP contribution in [0.15, 0.2) is 30.3 Å². The first kappa shape index (κ1) is 18.3. The molecule has 2 rings (SSSR count). The van der Waals surface area contributed by atoms with Crippen LogP contribution in [-0.4, -0.2) is 54.5 Å². The average Bonchev–Trinajstić information content (AvgIpc) is 2.63. The van der Waals surface area contributed by atoms with E-state index in [0.717, 1.165) is 25.8 Å². The highest BCUT2D eigenvalue weighted by Crippen LogP contribution is 2.18. The van der Waals surface area contributed by atoms with E-state index in [-0.39, 0.29) is 17.9 Å². The molecule has 3 amide bonds. The second-order valence-corrected chi connectivity index (χ2v) is 6.27. The van der Waals surface area contributed by atoms with Crippen LogP contribution in [0.25, 0.3) is 0 Å². The molecule has 0 aliphatic carbocycles. The maximum absolute atomic E-state index is 12.4. The number of carbonyl (C=O) groups excluding carboxylic acids is 2. The van der Waals surface area contributed by atoms with Gasteiger partial charge < -0.3 is 15.1 Å². The SMILES string of the molecule is CCN(CC)C(=O)N1CCC[C@H](C(=O)NCCc2ccccc2)C1. The zero-order valence-electron chi connectivity index (χ0n) is 14.8. The van der Waals surface area contributed by atoms with E-state index in [1.54, 1.807) is 0 Å². The van der Waals surface area contributed by atoms with E-state index in [4.69, 9.17) is 0 Å². The molecule has 1 saturated heterocycles. The molecule has 1 aromatic carbocycles. The van der Waals surface area contributed by atoms with Crippen molar-refractivity contribution in [2.45, 2.75) is 33.1 Å². The van der Waals surface area contributed by atoms with Gasteiger partial charge in [0.05, 0.1) is 5.92 Å². The van der Waals surface area contributed by atoms with Crippen molar-refractivity contribution >= 4 is 11.9 Å². The number of piperidine rings is 1. The summed E-state index contributed by atoms with van der Waals surface area (Å²) in [6.07, 6.45) is 2.59. The van der Waals surface area contributed by atoms with Crippen molar-refractivity contribution in [3.8, 4) is 0 Å². The second kappa shape index (κ2) is 9.30. The first-order chi connectivity index (χ1) is 11.7. The Morgan fingerprint density at radius 1 is 1.21 bits per heavy atom. The molecule has 1 aliphatic heterocycles. The number of nitrogens with one attached hydrogen (secondary N) is 1. The topological polar surface area (TPSA) is 52.7 Å². The number of hydrogen-bond acceptors (Lipinski definition) is 2. The normalized spacial score (nSPS) is 17.4. The van der Waals surface area contributed by atoms with E-state index in [2.05, 4.69) is 17.4 Å². The smallest absolute Gasteiger partial charge is 0.320 e. The zero-order chi connectivity index (χ0) is 17.4. The molecule has 24 heavy (non-hydrogen) atoms. The number of nitrogens with zero attached hydrogens (tertiary/aromatic N) is 2. The van der Waals surface area contributed by atoms with Crippen molar-refractivity contribution in [2.75, 3.05) is 32.7 Å². The Bertz CT molecular complexity index is 529. The molecule has 1 fully saturated rings. The molecule has 1 heterocycles. The van der Waals surface area contributed by atoms with Gasteiger partial charge in [-0.15, -0.1) is 0 Å². The predicted molar refractivity (Wildman–Crippen MR) is 95.8 cm³/mol. The van der Waals surface area contributed by atoms with E-state index < -0.39 is 0 Å². The molecule has 0 radical (unpaired) electrons. The summed E-state index contributed by atoms with van der Waals surface area (Å²) in [6.45, 7) is 7.32. The van der Waals surface area contributed by atoms with Gasteiger partial charge in [-0.25, -0.2) is 4.79 Å². The van der Waals surface area contributed by atoms with Crippen molar-refractivity contribution in [1.29, 1.82) is 0 Å². The third-order valence-corrected chi connectivity index (χ3v) is 4.65. The van der Waals surface area contributed by atoms with E-state index in [9.17, 15) is 9.59 Å². The number of hydrogen-bond donors (Lipinski definition) is 1. The third kappa shape index (κ3) is 4.98. The lowest BCUT2D eigenvalue weighted by atomic mass is 9.97. The van der Waals surface area contributed by atoms with Crippen molar-refractivity contribution in [3.63, 3.8) is 0 Å². The molecule has 5 heteroatoms. The standard InChI is InChI=1S/C19H29N3O2/c1-3-21(4-2)19(24)22-14-8-11-17(15-22)18(23)20-13-12-16-9-6-5-7-10-16/h5-7,9-10,17H,3-4,8,11-15H2,1-2H3,(H,20,23)/t17-/m0/s1. The number of carbonyl (C=O) groups is 2. The van der Waals surface area contributed by atoms with Gasteiger partial charge in [0.25, 0.3) is 0 Å². The van der Waals surface area contributed by atoms with Crippen LogP contribution in [0.4, 0.5) is 4.79 Å². The van der Waals surface area contributed by atoms with Crippen LogP contribution >= 0.6 is 0 Å². The minimum absolute atomic E-state index is 0.0572. The number of amides is 3. The molecule has 1 N–H and O–H groups in total. The molecule has 0 aromatic heterocycles. The van der Waals surface area contributed by atoms with E-state index in [0.29, 0.717) is 26.2 Å². The number of urea groups is 1. The Kier molecular flexibility index (Phi) is 7.09. The summed E-state index contributed by atoms with van der Waals surface area (Å²) in [5, 5.41) is 3.03. The Morgan fingerprint density at radius 2 is 1.92 bits per heavy atom. The van der Waals surface area contributed by atoms with Gasteiger partial charge in [-0.05, 0) is 38.7 Å². The van der Waals surface area contributed by atoms with Gasteiger partial charge in [-0.1, -0.05) is 30.3 Å². The van der Waals surface area contributed by atoms with Gasteiger partial charge in [0.1, 0.15) is 0 Å². The van der Waals surface area contributed by atoms with Gasteiger partial charge >= 0.3 is 6.03 Å². The lowest BCUT2D eigenvalue weighted by Crippen LogP contribution is -2.50. The Morgan fingerprint density at radius 3 is 2.58 bits per heavy atom. The summed E-state index contributed by atoms with van der Waals surface area (Å²) in [7, 11) is 0. The highest BCUT2D eigenvalue weighted by molar-refractivity contribution is 5.80. The summed E-state index contributed by atoms with van der Waals surface area (Å²) in [6, 6.07) is 10.2. The van der Waals surface area contributed by atoms with Gasteiger partial charge in [0, 0.05) is 32.7 Å². The van der Waals surface area contributed by atoms with Crippen molar-refractivity contribution < 1.29 is 9.59 Å². The van der Waals surface area contributed by atoms with Crippen LogP contribution < -0.4 is 5.32 Å². The average molecular weight is 331 g/mol. The molecule has 0 bridgehead atoms. The fourth-order valence-corrected chi connectivity index (χ4v) is 3.18. The molecular formula is C19H29N3O2. The Hall–Kier alpha value is -2.04. The molecule has 1 aliphatic rings. The lowest BCUT2D eigenvalue weighted by Gasteiger charge is -2.35. The van der Waals surface area contributed by atoms with Gasteiger partial charge in [-0.2, -0.15) is 0 Å². The molecule has 5 nitrogen and oxygen atoms in total. The fraction of sp³-hybridized carbons (Fsp3) is 0.579. The first-order valence-corrected chi connectivity index (χ1v) is 9.01. The molecule has 1 aromatic rings. The highest BCUT2D eigenvalue weighted by atomic mass is 16.2. The van der Waals surface area contributed by atoms with Gasteiger partial charge in [0.15, 0.2) is 0 Å². The van der Waals surface area contributed by atoms with Crippen LogP contribution in [0.3, 0.4) is 0 Å². The van der Waals surface area contributed by atoms with Gasteiger partial charge in [-0.3, -0.25) is 4.79 Å². The third-order valence-electron chi connectivity index (χ3n) is 4.65. The molecule has 0 spiro atoms. The minimum atomic E-state index is -0.0889. The summed E-state index contributed by atoms with van der Waals surface area (Å²) in [5.41, 5.74) is 1.22. The number of benzene rings is 1. The molecule has 0 saturated carbocycles. The Balaban J connectivity index is 1.80. The van der Waals surface area contributed by atoms with Crippen LogP contribution in [0.1, 0.15) is 32.3 Å². The summed E-state index contributed by atoms with van der Waals surface area (Å²) < 4.78 is 0. The first-order valence-electron chi connectivity index (χ1n) is 9.01. The Labute approximate surface area is 145 Å². The lowest BCUT2D eigenvalue weighted by molar-refractivity contribution is -0.126. The van der Waals surface area contributed by atoms with Crippen LogP contribution in [0.5, 0.6) is 0 Å².